The van der Waals surface area contributed by atoms with E-state index in [2.05, 4.69) is 10.3 Å². The van der Waals surface area contributed by atoms with Crippen LogP contribution in [0.4, 0.5) is 10.5 Å². The van der Waals surface area contributed by atoms with Crippen LogP contribution in [0.25, 0.3) is 10.9 Å². The van der Waals surface area contributed by atoms with Gasteiger partial charge in [-0.3, -0.25) is 9.59 Å². The van der Waals surface area contributed by atoms with Gasteiger partial charge in [-0.15, -0.1) is 0 Å². The number of urea groups is 1. The first kappa shape index (κ1) is 22.6. The number of nitrogens with zero attached hydrogens (tertiary/aromatic N) is 2. The van der Waals surface area contributed by atoms with Crippen LogP contribution >= 0.6 is 0 Å². The van der Waals surface area contributed by atoms with E-state index in [0.717, 1.165) is 53.6 Å². The Hall–Kier alpha value is -3.81. The third-order valence-electron chi connectivity index (χ3n) is 8.10. The molecule has 3 aliphatic rings. The smallest absolute Gasteiger partial charge is 0.332 e. The van der Waals surface area contributed by atoms with Gasteiger partial charge in [0, 0.05) is 23.5 Å². The van der Waals surface area contributed by atoms with Crippen LogP contribution in [-0.2, 0) is 16.8 Å². The first-order valence-corrected chi connectivity index (χ1v) is 12.7. The predicted octanol–water partition coefficient (Wildman–Crippen LogP) is 4.48. The minimum Gasteiger partial charge on any atom is -0.497 e. The van der Waals surface area contributed by atoms with Gasteiger partial charge in [-0.05, 0) is 62.1 Å². The molecule has 3 aromatic rings. The SMILES string of the molecule is COc1ccc2[nH]c3c(c2c1)CCN1C(=O)N(c2ccccc2C(=O)NC2CCCCC2)C(=O)C31C. The average Bonchev–Trinajstić information content (AvgIpc) is 3.37. The fraction of sp³-hybridized carbons (Fsp3) is 0.393. The summed E-state index contributed by atoms with van der Waals surface area (Å²) in [5, 5.41) is 4.12. The molecular formula is C28H30N4O4. The van der Waals surface area contributed by atoms with Gasteiger partial charge in [-0.1, -0.05) is 31.4 Å². The van der Waals surface area contributed by atoms with E-state index in [1.165, 1.54) is 11.3 Å². The lowest BCUT2D eigenvalue weighted by Crippen LogP contribution is -2.49. The molecule has 0 spiro atoms. The Labute approximate surface area is 209 Å². The molecule has 3 heterocycles. The number of aromatic amines is 1. The Morgan fingerprint density at radius 3 is 2.67 bits per heavy atom. The number of anilines is 1. The van der Waals surface area contributed by atoms with E-state index in [4.69, 9.17) is 4.74 Å². The van der Waals surface area contributed by atoms with E-state index >= 15 is 0 Å². The maximum Gasteiger partial charge on any atom is 0.332 e. The van der Waals surface area contributed by atoms with E-state index in [1.54, 1.807) is 43.2 Å². The normalized spacial score (nSPS) is 22.1. The molecule has 2 N–H and O–H groups in total. The molecule has 2 aromatic carbocycles. The number of nitrogens with one attached hydrogen (secondary N) is 2. The zero-order chi connectivity index (χ0) is 25.0. The second-order valence-corrected chi connectivity index (χ2v) is 10.1. The van der Waals surface area contributed by atoms with Crippen LogP contribution in [-0.4, -0.2) is 47.4 Å². The third kappa shape index (κ3) is 3.23. The summed E-state index contributed by atoms with van der Waals surface area (Å²) in [6.45, 7) is 2.20. The molecule has 1 aromatic heterocycles. The van der Waals surface area contributed by atoms with E-state index < -0.39 is 11.6 Å². The number of imide groups is 1. The van der Waals surface area contributed by atoms with Gasteiger partial charge in [-0.2, -0.15) is 0 Å². The highest BCUT2D eigenvalue weighted by atomic mass is 16.5. The molecule has 186 valence electrons. The number of benzene rings is 2. The van der Waals surface area contributed by atoms with Crippen molar-refractivity contribution in [3.8, 4) is 5.75 Å². The van der Waals surface area contributed by atoms with Crippen LogP contribution in [0.3, 0.4) is 0 Å². The molecule has 0 bridgehead atoms. The molecule has 36 heavy (non-hydrogen) atoms. The molecule has 1 saturated heterocycles. The van der Waals surface area contributed by atoms with Gasteiger partial charge >= 0.3 is 6.03 Å². The fourth-order valence-electron chi connectivity index (χ4n) is 6.13. The standard InChI is InChI=1S/C28H30N4O4/c1-28-24-19(21-16-18(36-2)12-13-22(21)30-24)14-15-31(28)27(35)32(26(28)34)23-11-7-6-10-20(23)25(33)29-17-8-4-3-5-9-17/h6-7,10-13,16-17,30H,3-5,8-9,14-15H2,1-2H3,(H,29,33). The number of ether oxygens (including phenoxy) is 1. The molecule has 1 atom stereocenters. The Morgan fingerprint density at radius 2 is 1.89 bits per heavy atom. The molecule has 2 fully saturated rings. The summed E-state index contributed by atoms with van der Waals surface area (Å²) in [6, 6.07) is 12.4. The van der Waals surface area contributed by atoms with Crippen molar-refractivity contribution in [2.45, 2.75) is 57.0 Å². The summed E-state index contributed by atoms with van der Waals surface area (Å²) in [7, 11) is 1.63. The molecule has 6 rings (SSSR count). The van der Waals surface area contributed by atoms with Crippen molar-refractivity contribution in [2.75, 3.05) is 18.6 Å². The summed E-state index contributed by atoms with van der Waals surface area (Å²) in [6.07, 6.45) is 5.92. The number of H-pyrrole nitrogens is 1. The van der Waals surface area contributed by atoms with Gasteiger partial charge in [-0.25, -0.2) is 9.69 Å². The molecule has 1 unspecified atom stereocenters. The zero-order valence-corrected chi connectivity index (χ0v) is 20.6. The van der Waals surface area contributed by atoms with Gasteiger partial charge in [0.05, 0.1) is 24.1 Å². The highest BCUT2D eigenvalue weighted by molar-refractivity contribution is 6.25. The van der Waals surface area contributed by atoms with Crippen molar-refractivity contribution < 1.29 is 19.1 Å². The number of carbonyl (C=O) groups excluding carboxylic acids is 3. The van der Waals surface area contributed by atoms with Crippen LogP contribution in [0.2, 0.25) is 0 Å². The average molecular weight is 487 g/mol. The first-order chi connectivity index (χ1) is 17.4. The fourth-order valence-corrected chi connectivity index (χ4v) is 6.13. The lowest BCUT2D eigenvalue weighted by atomic mass is 9.87. The Balaban J connectivity index is 1.39. The number of rotatable bonds is 4. The number of amides is 4. The largest absolute Gasteiger partial charge is 0.497 e. The van der Waals surface area contributed by atoms with Crippen LogP contribution in [0.15, 0.2) is 42.5 Å². The van der Waals surface area contributed by atoms with Crippen LogP contribution in [0.1, 0.15) is 60.6 Å². The molecule has 8 nitrogen and oxygen atoms in total. The van der Waals surface area contributed by atoms with Gasteiger partial charge in [0.25, 0.3) is 11.8 Å². The molecule has 1 saturated carbocycles. The number of para-hydroxylation sites is 1. The molecule has 1 aliphatic carbocycles. The zero-order valence-electron chi connectivity index (χ0n) is 20.6. The summed E-state index contributed by atoms with van der Waals surface area (Å²) in [5.41, 5.74) is 2.13. The van der Waals surface area contributed by atoms with E-state index in [1.807, 2.05) is 18.2 Å². The van der Waals surface area contributed by atoms with E-state index in [-0.39, 0.29) is 17.9 Å². The lowest BCUT2D eigenvalue weighted by molar-refractivity contribution is -0.125. The maximum absolute atomic E-state index is 14.1. The molecular weight excluding hydrogens is 456 g/mol. The van der Waals surface area contributed by atoms with Crippen molar-refractivity contribution in [2.24, 2.45) is 0 Å². The quantitative estimate of drug-likeness (QED) is 0.532. The van der Waals surface area contributed by atoms with Crippen LogP contribution in [0.5, 0.6) is 5.75 Å². The number of hydrogen-bond donors (Lipinski definition) is 2. The Kier molecular flexibility index (Phi) is 5.28. The van der Waals surface area contributed by atoms with Gasteiger partial charge < -0.3 is 19.9 Å². The first-order valence-electron chi connectivity index (χ1n) is 12.7. The second kappa shape index (κ2) is 8.40. The van der Waals surface area contributed by atoms with Crippen molar-refractivity contribution >= 4 is 34.4 Å². The van der Waals surface area contributed by atoms with Crippen molar-refractivity contribution in [1.29, 1.82) is 0 Å². The number of hydrogen-bond acceptors (Lipinski definition) is 4. The number of fused-ring (bicyclic) bond motifs is 5. The van der Waals surface area contributed by atoms with Gasteiger partial charge in [0.2, 0.25) is 0 Å². The topological polar surface area (TPSA) is 94.7 Å². The van der Waals surface area contributed by atoms with Crippen molar-refractivity contribution in [1.82, 2.24) is 15.2 Å². The predicted molar refractivity (Wildman–Crippen MR) is 136 cm³/mol. The van der Waals surface area contributed by atoms with Gasteiger partial charge in [0.1, 0.15) is 5.75 Å². The lowest BCUT2D eigenvalue weighted by Gasteiger charge is -2.35. The maximum atomic E-state index is 14.1. The van der Waals surface area contributed by atoms with Crippen molar-refractivity contribution in [3.63, 3.8) is 0 Å². The van der Waals surface area contributed by atoms with Crippen molar-refractivity contribution in [3.05, 3.63) is 59.3 Å². The summed E-state index contributed by atoms with van der Waals surface area (Å²) < 4.78 is 5.41. The Bertz CT molecular complexity index is 1390. The Morgan fingerprint density at radius 1 is 1.11 bits per heavy atom. The summed E-state index contributed by atoms with van der Waals surface area (Å²) in [4.78, 5) is 47.3. The third-order valence-corrected chi connectivity index (χ3v) is 8.10. The van der Waals surface area contributed by atoms with E-state index in [0.29, 0.717) is 24.2 Å². The minimum absolute atomic E-state index is 0.124. The molecule has 0 radical (unpaired) electrons. The minimum atomic E-state index is -1.19. The second-order valence-electron chi connectivity index (χ2n) is 10.1. The molecule has 8 heteroatoms. The monoisotopic (exact) mass is 486 g/mol. The highest BCUT2D eigenvalue weighted by Gasteiger charge is 2.59. The summed E-state index contributed by atoms with van der Waals surface area (Å²) >= 11 is 0. The van der Waals surface area contributed by atoms with E-state index in [9.17, 15) is 14.4 Å². The number of aromatic nitrogens is 1. The van der Waals surface area contributed by atoms with Crippen LogP contribution in [0, 0.1) is 0 Å². The number of methoxy groups -OCH3 is 1. The molecule has 2 aliphatic heterocycles. The number of carbonyl (C=O) groups is 3. The van der Waals surface area contributed by atoms with Crippen LogP contribution < -0.4 is 15.0 Å². The van der Waals surface area contributed by atoms with Gasteiger partial charge in [0.15, 0.2) is 5.54 Å². The highest BCUT2D eigenvalue weighted by Crippen LogP contribution is 2.46. The molecule has 4 amide bonds. The summed E-state index contributed by atoms with van der Waals surface area (Å²) in [5.74, 6) is 0.140.